The predicted molar refractivity (Wildman–Crippen MR) is 72.1 cm³/mol. The second kappa shape index (κ2) is 5.50. The van der Waals surface area contributed by atoms with Crippen LogP contribution in [0.4, 0.5) is 5.82 Å². The van der Waals surface area contributed by atoms with E-state index in [0.717, 1.165) is 24.3 Å². The molecular formula is C14H23N3. The van der Waals surface area contributed by atoms with E-state index in [1.54, 1.807) is 0 Å². The van der Waals surface area contributed by atoms with Crippen molar-refractivity contribution in [2.24, 2.45) is 5.92 Å². The summed E-state index contributed by atoms with van der Waals surface area (Å²) in [6.07, 6.45) is 2.72. The van der Waals surface area contributed by atoms with E-state index in [4.69, 9.17) is 0 Å². The van der Waals surface area contributed by atoms with Gasteiger partial charge in [-0.05, 0) is 30.9 Å². The van der Waals surface area contributed by atoms with Gasteiger partial charge in [0.2, 0.25) is 0 Å². The van der Waals surface area contributed by atoms with Crippen LogP contribution in [0.5, 0.6) is 0 Å². The molecule has 0 spiro atoms. The molecule has 0 bridgehead atoms. The van der Waals surface area contributed by atoms with Gasteiger partial charge in [0.15, 0.2) is 0 Å². The highest BCUT2D eigenvalue weighted by Gasteiger charge is 2.29. The molecule has 0 unspecified atom stereocenters. The van der Waals surface area contributed by atoms with Crippen LogP contribution in [0.3, 0.4) is 0 Å². The van der Waals surface area contributed by atoms with Crippen molar-refractivity contribution >= 4 is 5.82 Å². The van der Waals surface area contributed by atoms with Gasteiger partial charge in [0.1, 0.15) is 5.82 Å². The highest BCUT2D eigenvalue weighted by atomic mass is 15.2. The standard InChI is InChI=1S/C14H23N3/c1-11(2)9-17(13-7-8-13)10-12-5-4-6-14(15-3)16-12/h4-6,11,13H,7-10H2,1-3H3,(H,15,16). The van der Waals surface area contributed by atoms with Crippen molar-refractivity contribution in [3.05, 3.63) is 23.9 Å². The van der Waals surface area contributed by atoms with Gasteiger partial charge in [0, 0.05) is 26.2 Å². The molecule has 1 aromatic rings. The molecule has 3 nitrogen and oxygen atoms in total. The molecule has 94 valence electrons. The lowest BCUT2D eigenvalue weighted by Crippen LogP contribution is -2.29. The predicted octanol–water partition coefficient (Wildman–Crippen LogP) is 2.74. The second-order valence-electron chi connectivity index (χ2n) is 5.32. The molecular weight excluding hydrogens is 210 g/mol. The highest BCUT2D eigenvalue weighted by Crippen LogP contribution is 2.28. The summed E-state index contributed by atoms with van der Waals surface area (Å²) in [5.41, 5.74) is 1.17. The van der Waals surface area contributed by atoms with Gasteiger partial charge in [-0.3, -0.25) is 4.90 Å². The Balaban J connectivity index is 2.00. The van der Waals surface area contributed by atoms with Crippen molar-refractivity contribution in [1.82, 2.24) is 9.88 Å². The van der Waals surface area contributed by atoms with Crippen molar-refractivity contribution in [3.8, 4) is 0 Å². The third kappa shape index (κ3) is 3.70. The number of nitrogens with zero attached hydrogens (tertiary/aromatic N) is 2. The molecule has 0 atom stereocenters. The smallest absolute Gasteiger partial charge is 0.126 e. The summed E-state index contributed by atoms with van der Waals surface area (Å²) in [5.74, 6) is 1.69. The maximum atomic E-state index is 4.60. The number of anilines is 1. The Morgan fingerprint density at radius 2 is 2.18 bits per heavy atom. The Morgan fingerprint density at radius 3 is 2.76 bits per heavy atom. The summed E-state index contributed by atoms with van der Waals surface area (Å²) >= 11 is 0. The fourth-order valence-electron chi connectivity index (χ4n) is 2.17. The fourth-order valence-corrected chi connectivity index (χ4v) is 2.17. The number of hydrogen-bond donors (Lipinski definition) is 1. The Hall–Kier alpha value is -1.09. The lowest BCUT2D eigenvalue weighted by atomic mass is 10.2. The van der Waals surface area contributed by atoms with E-state index in [1.165, 1.54) is 25.1 Å². The molecule has 1 saturated carbocycles. The Bertz CT molecular complexity index is 358. The minimum atomic E-state index is 0.725. The molecule has 0 aromatic carbocycles. The van der Waals surface area contributed by atoms with Crippen LogP contribution in [-0.4, -0.2) is 29.5 Å². The molecule has 1 aliphatic rings. The maximum absolute atomic E-state index is 4.60. The Kier molecular flexibility index (Phi) is 4.00. The molecule has 2 rings (SSSR count). The Morgan fingerprint density at radius 1 is 1.41 bits per heavy atom. The first-order valence-corrected chi connectivity index (χ1v) is 6.56. The molecule has 0 radical (unpaired) electrons. The zero-order valence-corrected chi connectivity index (χ0v) is 11.1. The van der Waals surface area contributed by atoms with Gasteiger partial charge < -0.3 is 5.32 Å². The number of hydrogen-bond acceptors (Lipinski definition) is 3. The van der Waals surface area contributed by atoms with Crippen molar-refractivity contribution < 1.29 is 0 Å². The molecule has 0 saturated heterocycles. The molecule has 1 aliphatic carbocycles. The lowest BCUT2D eigenvalue weighted by Gasteiger charge is -2.23. The molecule has 1 aromatic heterocycles. The van der Waals surface area contributed by atoms with Gasteiger partial charge in [0.25, 0.3) is 0 Å². The highest BCUT2D eigenvalue weighted by molar-refractivity contribution is 5.34. The minimum absolute atomic E-state index is 0.725. The van der Waals surface area contributed by atoms with Gasteiger partial charge in [-0.2, -0.15) is 0 Å². The average Bonchev–Trinajstić information content (AvgIpc) is 3.12. The van der Waals surface area contributed by atoms with Crippen molar-refractivity contribution in [2.45, 2.75) is 39.3 Å². The Labute approximate surface area is 104 Å². The van der Waals surface area contributed by atoms with Crippen LogP contribution in [0.15, 0.2) is 18.2 Å². The molecule has 1 fully saturated rings. The van der Waals surface area contributed by atoms with Gasteiger partial charge >= 0.3 is 0 Å². The molecule has 0 aliphatic heterocycles. The second-order valence-corrected chi connectivity index (χ2v) is 5.32. The molecule has 1 N–H and O–H groups in total. The van der Waals surface area contributed by atoms with Gasteiger partial charge in [-0.25, -0.2) is 4.98 Å². The van der Waals surface area contributed by atoms with Crippen LogP contribution < -0.4 is 5.32 Å². The third-order valence-electron chi connectivity index (χ3n) is 3.09. The van der Waals surface area contributed by atoms with Crippen molar-refractivity contribution in [3.63, 3.8) is 0 Å². The summed E-state index contributed by atoms with van der Waals surface area (Å²) in [5, 5.41) is 3.10. The number of nitrogens with one attached hydrogen (secondary N) is 1. The van der Waals surface area contributed by atoms with Crippen LogP contribution in [0.2, 0.25) is 0 Å². The van der Waals surface area contributed by atoms with E-state index in [1.807, 2.05) is 13.1 Å². The fraction of sp³-hybridized carbons (Fsp3) is 0.643. The normalized spacial score (nSPS) is 15.6. The first kappa shape index (κ1) is 12.4. The third-order valence-corrected chi connectivity index (χ3v) is 3.09. The van der Waals surface area contributed by atoms with Crippen LogP contribution in [0, 0.1) is 5.92 Å². The maximum Gasteiger partial charge on any atom is 0.126 e. The van der Waals surface area contributed by atoms with Crippen LogP contribution >= 0.6 is 0 Å². The lowest BCUT2D eigenvalue weighted by molar-refractivity contribution is 0.223. The molecule has 3 heteroatoms. The SMILES string of the molecule is CNc1cccc(CN(CC(C)C)C2CC2)n1. The first-order valence-electron chi connectivity index (χ1n) is 6.56. The van der Waals surface area contributed by atoms with E-state index in [0.29, 0.717) is 0 Å². The first-order chi connectivity index (χ1) is 8.19. The van der Waals surface area contributed by atoms with Crippen LogP contribution in [-0.2, 0) is 6.54 Å². The summed E-state index contributed by atoms with van der Waals surface area (Å²) in [7, 11) is 1.92. The zero-order chi connectivity index (χ0) is 12.3. The average molecular weight is 233 g/mol. The largest absolute Gasteiger partial charge is 0.373 e. The van der Waals surface area contributed by atoms with E-state index < -0.39 is 0 Å². The van der Waals surface area contributed by atoms with Gasteiger partial charge in [-0.15, -0.1) is 0 Å². The van der Waals surface area contributed by atoms with Crippen molar-refractivity contribution in [1.29, 1.82) is 0 Å². The van der Waals surface area contributed by atoms with E-state index >= 15 is 0 Å². The topological polar surface area (TPSA) is 28.2 Å². The summed E-state index contributed by atoms with van der Waals surface area (Å²) in [6.45, 7) is 6.73. The van der Waals surface area contributed by atoms with Crippen molar-refractivity contribution in [2.75, 3.05) is 18.9 Å². The summed E-state index contributed by atoms with van der Waals surface area (Å²) in [6, 6.07) is 7.01. The summed E-state index contributed by atoms with van der Waals surface area (Å²) in [4.78, 5) is 7.17. The molecule has 0 amide bonds. The van der Waals surface area contributed by atoms with Gasteiger partial charge in [0.05, 0.1) is 5.69 Å². The van der Waals surface area contributed by atoms with E-state index in [2.05, 4.69) is 41.2 Å². The van der Waals surface area contributed by atoms with Crippen LogP contribution in [0.25, 0.3) is 0 Å². The quantitative estimate of drug-likeness (QED) is 0.819. The summed E-state index contributed by atoms with van der Waals surface area (Å²) < 4.78 is 0. The van der Waals surface area contributed by atoms with Gasteiger partial charge in [-0.1, -0.05) is 19.9 Å². The number of pyridine rings is 1. The molecule has 17 heavy (non-hydrogen) atoms. The van der Waals surface area contributed by atoms with E-state index in [9.17, 15) is 0 Å². The monoisotopic (exact) mass is 233 g/mol. The van der Waals surface area contributed by atoms with E-state index in [-0.39, 0.29) is 0 Å². The minimum Gasteiger partial charge on any atom is -0.373 e. The zero-order valence-electron chi connectivity index (χ0n) is 11.1. The number of aromatic nitrogens is 1. The molecule has 1 heterocycles. The van der Waals surface area contributed by atoms with Crippen LogP contribution in [0.1, 0.15) is 32.4 Å². The number of rotatable bonds is 6.